The van der Waals surface area contributed by atoms with Gasteiger partial charge in [-0.1, -0.05) is 18.2 Å². The van der Waals surface area contributed by atoms with E-state index in [9.17, 15) is 0 Å². The average Bonchev–Trinajstić information content (AvgIpc) is 2.30. The number of nitrogens with two attached hydrogens (primary N) is 1. The summed E-state index contributed by atoms with van der Waals surface area (Å²) in [6.07, 6.45) is 1.71. The van der Waals surface area contributed by atoms with Gasteiger partial charge in [0.05, 0.1) is 0 Å². The maximum absolute atomic E-state index is 5.79. The summed E-state index contributed by atoms with van der Waals surface area (Å²) < 4.78 is 5.60. The van der Waals surface area contributed by atoms with Gasteiger partial charge in [0.1, 0.15) is 5.75 Å². The molecule has 82 valence electrons. The molecular formula is C13H14N2O. The molecule has 2 aromatic rings. The van der Waals surface area contributed by atoms with Gasteiger partial charge in [-0.2, -0.15) is 0 Å². The Morgan fingerprint density at radius 1 is 1.19 bits per heavy atom. The summed E-state index contributed by atoms with van der Waals surface area (Å²) >= 11 is 0. The summed E-state index contributed by atoms with van der Waals surface area (Å²) in [6.45, 7) is 1.93. The molecular weight excluding hydrogens is 200 g/mol. The van der Waals surface area contributed by atoms with E-state index in [0.29, 0.717) is 5.88 Å². The minimum Gasteiger partial charge on any atom is -0.439 e. The summed E-state index contributed by atoms with van der Waals surface area (Å²) in [5.41, 5.74) is 6.81. The molecule has 0 aliphatic heterocycles. The van der Waals surface area contributed by atoms with Crippen LogP contribution in [0.3, 0.4) is 0 Å². The standard InChI is InChI=1S/C13H14N2O/c1-10(14)11-7-8-15-13(9-11)16-12-5-3-2-4-6-12/h2-10H,14H2,1H3. The highest BCUT2D eigenvalue weighted by Gasteiger charge is 2.02. The molecule has 1 heterocycles. The zero-order valence-electron chi connectivity index (χ0n) is 9.13. The molecule has 1 unspecified atom stereocenters. The van der Waals surface area contributed by atoms with E-state index in [1.54, 1.807) is 6.20 Å². The summed E-state index contributed by atoms with van der Waals surface area (Å²) in [5, 5.41) is 0. The first-order valence-corrected chi connectivity index (χ1v) is 5.20. The van der Waals surface area contributed by atoms with Gasteiger partial charge in [-0.3, -0.25) is 0 Å². The van der Waals surface area contributed by atoms with Crippen molar-refractivity contribution in [1.29, 1.82) is 0 Å². The van der Waals surface area contributed by atoms with Crippen molar-refractivity contribution in [2.75, 3.05) is 0 Å². The molecule has 0 amide bonds. The minimum absolute atomic E-state index is 0.0128. The van der Waals surface area contributed by atoms with Crippen LogP contribution < -0.4 is 10.5 Å². The third-order valence-electron chi connectivity index (χ3n) is 2.25. The second-order valence-corrected chi connectivity index (χ2v) is 3.63. The zero-order valence-corrected chi connectivity index (χ0v) is 9.13. The van der Waals surface area contributed by atoms with E-state index in [1.807, 2.05) is 49.4 Å². The van der Waals surface area contributed by atoms with Crippen molar-refractivity contribution in [3.05, 3.63) is 54.2 Å². The molecule has 3 heteroatoms. The Kier molecular flexibility index (Phi) is 3.17. The van der Waals surface area contributed by atoms with Crippen LogP contribution in [0.4, 0.5) is 0 Å². The lowest BCUT2D eigenvalue weighted by atomic mass is 10.1. The Hall–Kier alpha value is -1.87. The fourth-order valence-corrected chi connectivity index (χ4v) is 1.37. The van der Waals surface area contributed by atoms with E-state index in [4.69, 9.17) is 10.5 Å². The quantitative estimate of drug-likeness (QED) is 0.854. The third kappa shape index (κ3) is 2.58. The molecule has 0 radical (unpaired) electrons. The number of rotatable bonds is 3. The lowest BCUT2D eigenvalue weighted by Crippen LogP contribution is -2.05. The second-order valence-electron chi connectivity index (χ2n) is 3.63. The highest BCUT2D eigenvalue weighted by Crippen LogP contribution is 2.21. The van der Waals surface area contributed by atoms with Gasteiger partial charge in [0.15, 0.2) is 0 Å². The summed E-state index contributed by atoms with van der Waals surface area (Å²) in [7, 11) is 0. The van der Waals surface area contributed by atoms with E-state index in [0.717, 1.165) is 11.3 Å². The molecule has 3 nitrogen and oxygen atoms in total. The van der Waals surface area contributed by atoms with Crippen molar-refractivity contribution in [1.82, 2.24) is 4.98 Å². The fourth-order valence-electron chi connectivity index (χ4n) is 1.37. The molecule has 1 aromatic heterocycles. The number of hydrogen-bond donors (Lipinski definition) is 1. The van der Waals surface area contributed by atoms with E-state index >= 15 is 0 Å². The fraction of sp³-hybridized carbons (Fsp3) is 0.154. The average molecular weight is 214 g/mol. The lowest BCUT2D eigenvalue weighted by molar-refractivity contribution is 0.461. The molecule has 16 heavy (non-hydrogen) atoms. The van der Waals surface area contributed by atoms with Gasteiger partial charge < -0.3 is 10.5 Å². The van der Waals surface area contributed by atoms with Gasteiger partial charge in [-0.15, -0.1) is 0 Å². The molecule has 0 spiro atoms. The molecule has 0 fully saturated rings. The molecule has 0 saturated heterocycles. The minimum atomic E-state index is -0.0128. The maximum Gasteiger partial charge on any atom is 0.219 e. The van der Waals surface area contributed by atoms with Crippen LogP contribution in [0.2, 0.25) is 0 Å². The normalized spacial score (nSPS) is 12.1. The van der Waals surface area contributed by atoms with E-state index in [-0.39, 0.29) is 6.04 Å². The van der Waals surface area contributed by atoms with Crippen molar-refractivity contribution in [3.8, 4) is 11.6 Å². The number of benzene rings is 1. The first kappa shape index (κ1) is 10.6. The van der Waals surface area contributed by atoms with Crippen LogP contribution in [0.15, 0.2) is 48.7 Å². The maximum atomic E-state index is 5.79. The van der Waals surface area contributed by atoms with Crippen molar-refractivity contribution in [2.45, 2.75) is 13.0 Å². The molecule has 0 saturated carbocycles. The Morgan fingerprint density at radius 2 is 1.94 bits per heavy atom. The number of aromatic nitrogens is 1. The monoisotopic (exact) mass is 214 g/mol. The van der Waals surface area contributed by atoms with Crippen molar-refractivity contribution >= 4 is 0 Å². The van der Waals surface area contributed by atoms with Gasteiger partial charge in [0.25, 0.3) is 0 Å². The number of nitrogens with zero attached hydrogens (tertiary/aromatic N) is 1. The van der Waals surface area contributed by atoms with E-state index in [2.05, 4.69) is 4.98 Å². The predicted octanol–water partition coefficient (Wildman–Crippen LogP) is 2.89. The third-order valence-corrected chi connectivity index (χ3v) is 2.25. The van der Waals surface area contributed by atoms with Crippen LogP contribution in [0.1, 0.15) is 18.5 Å². The largest absolute Gasteiger partial charge is 0.439 e. The van der Waals surface area contributed by atoms with Crippen molar-refractivity contribution in [2.24, 2.45) is 5.73 Å². The Morgan fingerprint density at radius 3 is 2.62 bits per heavy atom. The highest BCUT2D eigenvalue weighted by molar-refractivity contribution is 5.29. The van der Waals surface area contributed by atoms with Crippen molar-refractivity contribution < 1.29 is 4.74 Å². The lowest BCUT2D eigenvalue weighted by Gasteiger charge is -2.08. The van der Waals surface area contributed by atoms with Crippen molar-refractivity contribution in [3.63, 3.8) is 0 Å². The molecule has 1 atom stereocenters. The highest BCUT2D eigenvalue weighted by atomic mass is 16.5. The first-order valence-electron chi connectivity index (χ1n) is 5.20. The van der Waals surface area contributed by atoms with Gasteiger partial charge in [-0.05, 0) is 30.7 Å². The molecule has 0 aliphatic carbocycles. The Bertz CT molecular complexity index is 454. The summed E-state index contributed by atoms with van der Waals surface area (Å²) in [4.78, 5) is 4.14. The zero-order chi connectivity index (χ0) is 11.4. The Labute approximate surface area is 94.9 Å². The number of hydrogen-bond acceptors (Lipinski definition) is 3. The van der Waals surface area contributed by atoms with Crippen LogP contribution in [0.25, 0.3) is 0 Å². The van der Waals surface area contributed by atoms with Crippen LogP contribution in [-0.2, 0) is 0 Å². The molecule has 0 aliphatic rings. The van der Waals surface area contributed by atoms with Gasteiger partial charge >= 0.3 is 0 Å². The Balaban J connectivity index is 2.19. The van der Waals surface area contributed by atoms with Crippen LogP contribution in [0, 0.1) is 0 Å². The van der Waals surface area contributed by atoms with E-state index in [1.165, 1.54) is 0 Å². The first-order chi connectivity index (χ1) is 7.75. The predicted molar refractivity (Wildman–Crippen MR) is 63.4 cm³/mol. The number of ether oxygens (including phenoxy) is 1. The summed E-state index contributed by atoms with van der Waals surface area (Å²) in [5.74, 6) is 1.35. The van der Waals surface area contributed by atoms with Gasteiger partial charge in [0.2, 0.25) is 5.88 Å². The SMILES string of the molecule is CC(N)c1ccnc(Oc2ccccc2)c1. The van der Waals surface area contributed by atoms with E-state index < -0.39 is 0 Å². The molecule has 2 N–H and O–H groups in total. The summed E-state index contributed by atoms with van der Waals surface area (Å²) in [6, 6.07) is 13.3. The van der Waals surface area contributed by atoms with Gasteiger partial charge in [-0.25, -0.2) is 4.98 Å². The number of para-hydroxylation sites is 1. The molecule has 0 bridgehead atoms. The smallest absolute Gasteiger partial charge is 0.219 e. The van der Waals surface area contributed by atoms with Crippen LogP contribution in [-0.4, -0.2) is 4.98 Å². The molecule has 2 rings (SSSR count). The molecule has 1 aromatic carbocycles. The number of pyridine rings is 1. The topological polar surface area (TPSA) is 48.1 Å². The van der Waals surface area contributed by atoms with Crippen LogP contribution >= 0.6 is 0 Å². The van der Waals surface area contributed by atoms with Crippen LogP contribution in [0.5, 0.6) is 11.6 Å². The second kappa shape index (κ2) is 4.77. The van der Waals surface area contributed by atoms with Gasteiger partial charge in [0, 0.05) is 18.3 Å².